The van der Waals surface area contributed by atoms with Gasteiger partial charge in [-0.25, -0.2) is 19.4 Å². The van der Waals surface area contributed by atoms with Gasteiger partial charge in [0.15, 0.2) is 11.5 Å². The molecule has 18 heteroatoms. The predicted molar refractivity (Wildman–Crippen MR) is 286 cm³/mol. The lowest BCUT2D eigenvalue weighted by molar-refractivity contribution is -0.136. The third-order valence-corrected chi connectivity index (χ3v) is 16.5. The van der Waals surface area contributed by atoms with Crippen molar-refractivity contribution in [3.8, 4) is 33.9 Å². The maximum absolute atomic E-state index is 14.7. The lowest BCUT2D eigenvalue weighted by Gasteiger charge is -2.31. The van der Waals surface area contributed by atoms with Crippen molar-refractivity contribution in [1.82, 2.24) is 35.3 Å². The normalized spacial score (nSPS) is 21.8. The number of aromatic nitrogens is 2. The number of alkyl carbamates (subject to hydrolysis) is 2. The van der Waals surface area contributed by atoms with E-state index < -0.39 is 42.5 Å². The van der Waals surface area contributed by atoms with E-state index >= 15 is 0 Å². The highest BCUT2D eigenvalue weighted by atomic mass is 16.7. The highest BCUT2D eigenvalue weighted by Crippen LogP contribution is 2.42. The number of imidazole rings is 1. The molecule has 3 N–H and O–H groups in total. The first-order valence-electron chi connectivity index (χ1n) is 27.8. The highest BCUT2D eigenvalue weighted by Gasteiger charge is 2.45. The second-order valence-corrected chi connectivity index (χ2v) is 22.4. The van der Waals surface area contributed by atoms with Crippen LogP contribution in [0.4, 0.5) is 14.4 Å². The number of nitrogens with one attached hydrogen (secondary N) is 3. The number of nitrogens with zero attached hydrogens (tertiary/aromatic N) is 5. The van der Waals surface area contributed by atoms with E-state index in [1.807, 2.05) is 57.1 Å². The number of benzene rings is 3. The molecule has 5 atom stereocenters. The summed E-state index contributed by atoms with van der Waals surface area (Å²) in [6.07, 6.45) is 11.1. The number of hydrogen-bond acceptors (Lipinski definition) is 12. The minimum absolute atomic E-state index is 0.0858. The van der Waals surface area contributed by atoms with Crippen LogP contribution in [0.2, 0.25) is 0 Å². The van der Waals surface area contributed by atoms with Crippen LogP contribution in [0, 0.1) is 11.8 Å². The average Bonchev–Trinajstić information content (AvgIpc) is 4.31. The third-order valence-electron chi connectivity index (χ3n) is 16.5. The fourth-order valence-electron chi connectivity index (χ4n) is 12.2. The summed E-state index contributed by atoms with van der Waals surface area (Å²) in [5, 5.41) is 5.77. The van der Waals surface area contributed by atoms with Crippen molar-refractivity contribution >= 4 is 41.4 Å². The Morgan fingerprint density at radius 2 is 1.27 bits per heavy atom. The van der Waals surface area contributed by atoms with Crippen LogP contribution in [-0.2, 0) is 36.9 Å². The summed E-state index contributed by atoms with van der Waals surface area (Å²) in [6.45, 7) is 9.23. The molecule has 2 saturated carbocycles. The summed E-state index contributed by atoms with van der Waals surface area (Å²) in [4.78, 5) is 86.8. The molecule has 0 bridgehead atoms. The van der Waals surface area contributed by atoms with Gasteiger partial charge >= 0.3 is 18.3 Å². The van der Waals surface area contributed by atoms with Crippen LogP contribution in [0.3, 0.4) is 0 Å². The van der Waals surface area contributed by atoms with Gasteiger partial charge in [-0.3, -0.25) is 19.5 Å². The van der Waals surface area contributed by atoms with E-state index in [1.54, 1.807) is 9.80 Å². The first-order valence-corrected chi connectivity index (χ1v) is 27.8. The number of amides is 5. The van der Waals surface area contributed by atoms with Gasteiger partial charge in [0.2, 0.25) is 18.6 Å². The number of carbonyl (C=O) groups excluding carboxylic acids is 5. The van der Waals surface area contributed by atoms with Crippen LogP contribution in [0.1, 0.15) is 133 Å². The van der Waals surface area contributed by atoms with Crippen molar-refractivity contribution in [3.05, 3.63) is 95.6 Å². The first kappa shape index (κ1) is 51.7. The number of hydrogen-bond donors (Lipinski definition) is 3. The fraction of sp³-hybridized carbons (Fsp3) is 0.508. The summed E-state index contributed by atoms with van der Waals surface area (Å²) >= 11 is 0. The Balaban J connectivity index is 0.731. The SMILES string of the molecule is CC(C)[C@H](NC(=O)OC1CCCC1)C(=O)N1C[C@H](OC(=O)N2Cc3ccc4c(c3C2)OCO4)C[C@H]1C1=NC=C(c2ccc(-c3ccc(-c4cnc([C@@H]5CCCN5C(=O)[C@@H](NC(=O)OC5CCCC5)C(C)C)[nH]4)cc3)cc2)C1. The molecule has 2 saturated heterocycles. The highest BCUT2D eigenvalue weighted by molar-refractivity contribution is 6.04. The van der Waals surface area contributed by atoms with Gasteiger partial charge in [-0.1, -0.05) is 82.3 Å². The molecule has 11 rings (SSSR count). The number of ether oxygens (including phenoxy) is 5. The van der Waals surface area contributed by atoms with Crippen molar-refractivity contribution in [2.75, 3.05) is 19.9 Å². The lowest BCUT2D eigenvalue weighted by atomic mass is 9.95. The first-order chi connectivity index (χ1) is 37.3. The molecule has 2 aliphatic carbocycles. The molecule has 7 aliphatic rings. The zero-order valence-electron chi connectivity index (χ0n) is 44.5. The number of allylic oxidation sites excluding steroid dienone is 1. The molecular weight excluding hydrogens is 981 g/mol. The Morgan fingerprint density at radius 3 is 1.91 bits per heavy atom. The molecule has 6 heterocycles. The number of carbonyl (C=O) groups is 5. The standard InChI is InChI=1S/C59H70N8O10/c1-34(2)51(63-57(70)75-42-10-5-6-11-42)55(68)66-25-9-14-48(66)54-61-29-47(62-54)39-21-19-37(20-22-39)36-15-17-38(18-16-36)41-26-46(60-28-41)49-27-44(77-59(72)65-30-40-23-24-50-53(45(40)32-65)74-33-73-50)31-67(49)56(69)52(35(3)4)64-58(71)76-43-12-7-8-13-43/h15-24,28-29,34-35,42-44,48-49,51-52H,5-14,25-27,30-33H2,1-4H3,(H,61,62)(H,63,70)(H,64,71)/t44-,48+,49+,51+,52+/m1/s1. The Labute approximate surface area is 449 Å². The average molecular weight is 1050 g/mol. The Bertz CT molecular complexity index is 2920. The minimum atomic E-state index is -0.863. The molecule has 3 aromatic carbocycles. The van der Waals surface area contributed by atoms with Crippen LogP contribution in [0.25, 0.3) is 28.0 Å². The summed E-state index contributed by atoms with van der Waals surface area (Å²) in [5.74, 6) is 1.28. The molecule has 18 nitrogen and oxygen atoms in total. The Morgan fingerprint density at radius 1 is 0.662 bits per heavy atom. The molecule has 4 aromatic rings. The number of likely N-dealkylation sites (tertiary alicyclic amines) is 2. The van der Waals surface area contributed by atoms with E-state index in [0.29, 0.717) is 44.0 Å². The van der Waals surface area contributed by atoms with Gasteiger partial charge in [0.05, 0.1) is 37.1 Å². The van der Waals surface area contributed by atoms with Crippen molar-refractivity contribution in [2.45, 2.75) is 160 Å². The monoisotopic (exact) mass is 1050 g/mol. The van der Waals surface area contributed by atoms with Crippen LogP contribution in [0.15, 0.2) is 78.1 Å². The molecule has 0 radical (unpaired) electrons. The molecule has 77 heavy (non-hydrogen) atoms. The second kappa shape index (κ2) is 22.3. The largest absolute Gasteiger partial charge is 0.454 e. The van der Waals surface area contributed by atoms with Gasteiger partial charge in [0.25, 0.3) is 0 Å². The maximum Gasteiger partial charge on any atom is 0.410 e. The molecule has 4 fully saturated rings. The fourth-order valence-corrected chi connectivity index (χ4v) is 12.2. The molecule has 0 spiro atoms. The lowest BCUT2D eigenvalue weighted by Crippen LogP contribution is -2.54. The second-order valence-electron chi connectivity index (χ2n) is 22.4. The molecule has 5 aliphatic heterocycles. The van der Waals surface area contributed by atoms with Crippen molar-refractivity contribution in [3.63, 3.8) is 0 Å². The minimum Gasteiger partial charge on any atom is -0.454 e. The topological polar surface area (TPSA) is 206 Å². The van der Waals surface area contributed by atoms with Crippen LogP contribution >= 0.6 is 0 Å². The number of aliphatic imine (C=N–C) groups is 1. The van der Waals surface area contributed by atoms with Crippen molar-refractivity contribution < 1.29 is 47.7 Å². The number of rotatable bonds is 14. The third kappa shape index (κ3) is 11.1. The van der Waals surface area contributed by atoms with Gasteiger partial charge in [0, 0.05) is 43.4 Å². The van der Waals surface area contributed by atoms with E-state index in [0.717, 1.165) is 120 Å². The van der Waals surface area contributed by atoms with Crippen molar-refractivity contribution in [1.29, 1.82) is 0 Å². The van der Waals surface area contributed by atoms with E-state index in [1.165, 1.54) is 0 Å². The summed E-state index contributed by atoms with van der Waals surface area (Å²) < 4.78 is 28.9. The van der Waals surface area contributed by atoms with E-state index in [2.05, 4.69) is 64.1 Å². The zero-order valence-corrected chi connectivity index (χ0v) is 44.5. The van der Waals surface area contributed by atoms with E-state index in [4.69, 9.17) is 33.7 Å². The number of H-pyrrole nitrogens is 1. The quantitative estimate of drug-likeness (QED) is 0.101. The van der Waals surface area contributed by atoms with Crippen LogP contribution in [0.5, 0.6) is 11.5 Å². The van der Waals surface area contributed by atoms with Crippen LogP contribution in [-0.4, -0.2) is 117 Å². The number of aromatic amines is 1. The van der Waals surface area contributed by atoms with E-state index in [9.17, 15) is 24.0 Å². The summed E-state index contributed by atoms with van der Waals surface area (Å²) in [6, 6.07) is 18.2. The summed E-state index contributed by atoms with van der Waals surface area (Å²) in [5.41, 5.74) is 8.54. The van der Waals surface area contributed by atoms with Gasteiger partial charge in [-0.2, -0.15) is 0 Å². The molecule has 0 unspecified atom stereocenters. The Kier molecular flexibility index (Phi) is 15.0. The number of fused-ring (bicyclic) bond motifs is 3. The Hall–Kier alpha value is -7.37. The maximum atomic E-state index is 14.7. The molecule has 406 valence electrons. The molecule has 5 amide bonds. The van der Waals surface area contributed by atoms with Gasteiger partial charge in [-0.05, 0) is 116 Å². The smallest absolute Gasteiger partial charge is 0.410 e. The van der Waals surface area contributed by atoms with Gasteiger partial charge < -0.3 is 49.1 Å². The molecular formula is C59H70N8O10. The van der Waals surface area contributed by atoms with E-state index in [-0.39, 0.29) is 55.2 Å². The summed E-state index contributed by atoms with van der Waals surface area (Å²) in [7, 11) is 0. The molecule has 1 aromatic heterocycles. The van der Waals surface area contributed by atoms with Gasteiger partial charge in [0.1, 0.15) is 36.2 Å². The van der Waals surface area contributed by atoms with Crippen LogP contribution < -0.4 is 20.1 Å². The van der Waals surface area contributed by atoms with Crippen molar-refractivity contribution in [2.24, 2.45) is 16.8 Å². The zero-order chi connectivity index (χ0) is 53.3. The van der Waals surface area contributed by atoms with Gasteiger partial charge in [-0.15, -0.1) is 0 Å². The predicted octanol–water partition coefficient (Wildman–Crippen LogP) is 9.83.